The van der Waals surface area contributed by atoms with E-state index in [0.29, 0.717) is 22.5 Å². The van der Waals surface area contributed by atoms with Gasteiger partial charge in [-0.3, -0.25) is 14.8 Å². The van der Waals surface area contributed by atoms with Crippen molar-refractivity contribution in [2.75, 3.05) is 0 Å². The number of hydrogen-bond acceptors (Lipinski definition) is 3. The number of ketones is 1. The minimum atomic E-state index is -0.555. The highest BCUT2D eigenvalue weighted by atomic mass is 19.1. The van der Waals surface area contributed by atoms with Crippen LogP contribution < -0.4 is 0 Å². The number of hydrogen-bond donors (Lipinski definition) is 0. The molecule has 2 heterocycles. The number of aryl methyl sites for hydroxylation is 2. The Morgan fingerprint density at radius 3 is 1.47 bits per heavy atom. The Labute approximate surface area is 173 Å². The van der Waals surface area contributed by atoms with Gasteiger partial charge in [-0.1, -0.05) is 12.1 Å². The average molecular weight is 400 g/mol. The molecule has 0 radical (unpaired) electrons. The third-order valence-electron chi connectivity index (χ3n) is 4.83. The van der Waals surface area contributed by atoms with Crippen LogP contribution in [0.2, 0.25) is 0 Å². The van der Waals surface area contributed by atoms with Gasteiger partial charge in [0.15, 0.2) is 5.78 Å². The molecule has 0 spiro atoms. The molecule has 0 amide bonds. The van der Waals surface area contributed by atoms with Crippen LogP contribution in [0.25, 0.3) is 22.5 Å². The number of halogens is 2. The molecular weight excluding hydrogens is 382 g/mol. The van der Waals surface area contributed by atoms with Crippen molar-refractivity contribution in [3.63, 3.8) is 0 Å². The fourth-order valence-corrected chi connectivity index (χ4v) is 3.25. The van der Waals surface area contributed by atoms with Gasteiger partial charge in [-0.25, -0.2) is 8.78 Å². The fourth-order valence-electron chi connectivity index (χ4n) is 3.25. The van der Waals surface area contributed by atoms with Gasteiger partial charge in [-0.2, -0.15) is 0 Å². The van der Waals surface area contributed by atoms with Crippen LogP contribution in [0.5, 0.6) is 0 Å². The van der Waals surface area contributed by atoms with E-state index in [9.17, 15) is 13.6 Å². The van der Waals surface area contributed by atoms with Crippen LogP contribution in [-0.4, -0.2) is 15.8 Å². The number of aromatic nitrogens is 2. The van der Waals surface area contributed by atoms with E-state index in [-0.39, 0.29) is 11.1 Å². The Hall–Kier alpha value is -3.73. The lowest BCUT2D eigenvalue weighted by Gasteiger charge is -2.13. The highest BCUT2D eigenvalue weighted by Crippen LogP contribution is 2.30. The van der Waals surface area contributed by atoms with E-state index in [1.54, 1.807) is 24.5 Å². The highest BCUT2D eigenvalue weighted by molar-refractivity contribution is 6.15. The van der Waals surface area contributed by atoms with Crippen molar-refractivity contribution in [1.29, 1.82) is 0 Å². The molecule has 4 rings (SSSR count). The van der Waals surface area contributed by atoms with E-state index in [0.717, 1.165) is 23.3 Å². The zero-order valence-corrected chi connectivity index (χ0v) is 16.5. The highest BCUT2D eigenvalue weighted by Gasteiger charge is 2.21. The van der Waals surface area contributed by atoms with Gasteiger partial charge in [0.2, 0.25) is 0 Å². The summed E-state index contributed by atoms with van der Waals surface area (Å²) < 4.78 is 28.2. The topological polar surface area (TPSA) is 42.9 Å². The lowest BCUT2D eigenvalue weighted by atomic mass is 9.92. The molecule has 0 aliphatic carbocycles. The second-order valence-electron chi connectivity index (χ2n) is 7.15. The maximum atomic E-state index is 14.1. The number of carbonyl (C=O) groups excluding carboxylic acids is 1. The normalized spacial score (nSPS) is 10.8. The fraction of sp³-hybridized carbons (Fsp3) is 0.0800. The van der Waals surface area contributed by atoms with Gasteiger partial charge in [-0.15, -0.1) is 0 Å². The van der Waals surface area contributed by atoms with Crippen molar-refractivity contribution in [2.45, 2.75) is 13.8 Å². The number of rotatable bonds is 4. The van der Waals surface area contributed by atoms with Crippen LogP contribution in [0, 0.1) is 25.5 Å². The van der Waals surface area contributed by atoms with Crippen molar-refractivity contribution in [3.05, 3.63) is 107 Å². The van der Waals surface area contributed by atoms with E-state index in [4.69, 9.17) is 0 Å². The number of carbonyl (C=O) groups is 1. The summed E-state index contributed by atoms with van der Waals surface area (Å²) in [5, 5.41) is 0. The summed E-state index contributed by atoms with van der Waals surface area (Å²) in [6.07, 6.45) is 3.35. The van der Waals surface area contributed by atoms with E-state index < -0.39 is 17.4 Å². The largest absolute Gasteiger partial charge is 0.289 e. The number of benzene rings is 2. The number of nitrogens with zero attached hydrogens (tertiary/aromatic N) is 2. The van der Waals surface area contributed by atoms with Gasteiger partial charge >= 0.3 is 0 Å². The molecule has 0 saturated heterocycles. The standard InChI is InChI=1S/C25H18F2N2O/c1-15-3-9-23(28-13-15)19-7-5-17(26)11-21(19)25(30)22-12-18(27)6-8-20(22)24-10-4-16(2)14-29-24/h3-14H,1-2H3. The minimum absolute atomic E-state index is 0.116. The Morgan fingerprint density at radius 2 is 1.10 bits per heavy atom. The maximum Gasteiger partial charge on any atom is 0.194 e. The molecule has 0 N–H and O–H groups in total. The van der Waals surface area contributed by atoms with Crippen LogP contribution >= 0.6 is 0 Å². The molecule has 5 heteroatoms. The summed E-state index contributed by atoms with van der Waals surface area (Å²) in [6, 6.07) is 15.2. The molecule has 0 unspecified atom stereocenters. The third-order valence-corrected chi connectivity index (χ3v) is 4.83. The van der Waals surface area contributed by atoms with Gasteiger partial charge in [0.25, 0.3) is 0 Å². The summed E-state index contributed by atoms with van der Waals surface area (Å²) in [5.74, 6) is -1.61. The van der Waals surface area contributed by atoms with Gasteiger partial charge in [-0.05, 0) is 73.5 Å². The Morgan fingerprint density at radius 1 is 0.667 bits per heavy atom. The molecule has 148 valence electrons. The van der Waals surface area contributed by atoms with E-state index in [1.165, 1.54) is 24.3 Å². The smallest absolute Gasteiger partial charge is 0.194 e. The predicted octanol–water partition coefficient (Wildman–Crippen LogP) is 5.94. The van der Waals surface area contributed by atoms with Gasteiger partial charge in [0.05, 0.1) is 11.4 Å². The molecule has 0 fully saturated rings. The molecule has 0 atom stereocenters. The molecule has 0 bridgehead atoms. The van der Waals surface area contributed by atoms with Crippen LogP contribution in [0.3, 0.4) is 0 Å². The molecule has 2 aromatic carbocycles. The third kappa shape index (κ3) is 3.87. The Bertz CT molecular complexity index is 1140. The van der Waals surface area contributed by atoms with Crippen LogP contribution in [-0.2, 0) is 0 Å². The first kappa shape index (κ1) is 19.6. The van der Waals surface area contributed by atoms with Crippen molar-refractivity contribution < 1.29 is 13.6 Å². The van der Waals surface area contributed by atoms with E-state index >= 15 is 0 Å². The predicted molar refractivity (Wildman–Crippen MR) is 112 cm³/mol. The van der Waals surface area contributed by atoms with E-state index in [1.807, 2.05) is 26.0 Å². The molecule has 0 aliphatic rings. The lowest BCUT2D eigenvalue weighted by Crippen LogP contribution is -2.08. The van der Waals surface area contributed by atoms with Crippen molar-refractivity contribution in [1.82, 2.24) is 9.97 Å². The molecule has 0 saturated carbocycles. The summed E-state index contributed by atoms with van der Waals surface area (Å²) in [7, 11) is 0. The van der Waals surface area contributed by atoms with E-state index in [2.05, 4.69) is 9.97 Å². The summed E-state index contributed by atoms with van der Waals surface area (Å²) in [6.45, 7) is 3.81. The molecule has 0 aliphatic heterocycles. The summed E-state index contributed by atoms with van der Waals surface area (Å²) >= 11 is 0. The van der Waals surface area contributed by atoms with Gasteiger partial charge in [0, 0.05) is 34.6 Å². The molecule has 30 heavy (non-hydrogen) atoms. The van der Waals surface area contributed by atoms with Gasteiger partial charge in [0.1, 0.15) is 11.6 Å². The second kappa shape index (κ2) is 7.95. The zero-order valence-electron chi connectivity index (χ0n) is 16.5. The first-order valence-electron chi connectivity index (χ1n) is 9.42. The van der Waals surface area contributed by atoms with Crippen LogP contribution in [0.1, 0.15) is 27.0 Å². The molecule has 4 aromatic rings. The maximum absolute atomic E-state index is 14.1. The lowest BCUT2D eigenvalue weighted by molar-refractivity contribution is 0.103. The SMILES string of the molecule is Cc1ccc(-c2ccc(F)cc2C(=O)c2cc(F)ccc2-c2ccc(C)cn2)nc1. The minimum Gasteiger partial charge on any atom is -0.289 e. The molecular formula is C25H18F2N2O. The average Bonchev–Trinajstić information content (AvgIpc) is 2.74. The first-order chi connectivity index (χ1) is 14.4. The van der Waals surface area contributed by atoms with Crippen molar-refractivity contribution >= 4 is 5.78 Å². The summed E-state index contributed by atoms with van der Waals surface area (Å²) in [5.41, 5.74) is 4.20. The molecule has 2 aromatic heterocycles. The van der Waals surface area contributed by atoms with Crippen LogP contribution in [0.15, 0.2) is 73.1 Å². The Kier molecular flexibility index (Phi) is 5.19. The van der Waals surface area contributed by atoms with Crippen LogP contribution in [0.4, 0.5) is 8.78 Å². The number of pyridine rings is 2. The molecule has 3 nitrogen and oxygen atoms in total. The second-order valence-corrected chi connectivity index (χ2v) is 7.15. The first-order valence-corrected chi connectivity index (χ1v) is 9.42. The van der Waals surface area contributed by atoms with Crippen molar-refractivity contribution in [2.24, 2.45) is 0 Å². The van der Waals surface area contributed by atoms with Gasteiger partial charge < -0.3 is 0 Å². The monoisotopic (exact) mass is 400 g/mol. The quantitative estimate of drug-likeness (QED) is 0.398. The zero-order chi connectivity index (χ0) is 21.3. The summed E-state index contributed by atoms with van der Waals surface area (Å²) in [4.78, 5) is 22.2. The van der Waals surface area contributed by atoms with Crippen molar-refractivity contribution in [3.8, 4) is 22.5 Å². The Balaban J connectivity index is 1.88.